The molecule has 1 saturated heterocycles. The summed E-state index contributed by atoms with van der Waals surface area (Å²) in [4.78, 5) is 22.6. The average Bonchev–Trinajstić information content (AvgIpc) is 2.55. The number of anilines is 2. The van der Waals surface area contributed by atoms with Crippen LogP contribution in [-0.2, 0) is 4.74 Å². The van der Waals surface area contributed by atoms with E-state index in [1.807, 2.05) is 19.9 Å². The van der Waals surface area contributed by atoms with Crippen molar-refractivity contribution < 1.29 is 9.53 Å². The Bertz CT molecular complexity index is 556. The van der Waals surface area contributed by atoms with Crippen LogP contribution in [0.4, 0.5) is 16.6 Å². The van der Waals surface area contributed by atoms with Crippen molar-refractivity contribution in [2.45, 2.75) is 53.0 Å². The van der Waals surface area contributed by atoms with Gasteiger partial charge in [0.2, 0.25) is 5.95 Å². The average molecular weight is 349 g/mol. The lowest BCUT2D eigenvalue weighted by Gasteiger charge is -2.31. The van der Waals surface area contributed by atoms with Gasteiger partial charge in [0.1, 0.15) is 5.82 Å². The Labute approximate surface area is 150 Å². The molecule has 0 unspecified atom stereocenters. The molecule has 0 spiro atoms. The summed E-state index contributed by atoms with van der Waals surface area (Å²) in [5.74, 6) is 2.18. The van der Waals surface area contributed by atoms with Crippen molar-refractivity contribution >= 4 is 17.9 Å². The first-order valence-corrected chi connectivity index (χ1v) is 9.25. The minimum atomic E-state index is -0.218. The summed E-state index contributed by atoms with van der Waals surface area (Å²) in [5, 5.41) is 6.78. The third kappa shape index (κ3) is 6.40. The van der Waals surface area contributed by atoms with Crippen molar-refractivity contribution in [2.75, 3.05) is 36.9 Å². The summed E-state index contributed by atoms with van der Waals surface area (Å²) < 4.78 is 5.05. The van der Waals surface area contributed by atoms with E-state index in [9.17, 15) is 4.79 Å². The first-order valence-electron chi connectivity index (χ1n) is 9.25. The molecule has 2 heterocycles. The van der Waals surface area contributed by atoms with Gasteiger partial charge in [-0.3, -0.25) is 0 Å². The first kappa shape index (κ1) is 19.3. The number of nitrogens with zero attached hydrogens (tertiary/aromatic N) is 3. The molecule has 0 radical (unpaired) electrons. The van der Waals surface area contributed by atoms with E-state index in [0.717, 1.165) is 37.3 Å². The highest BCUT2D eigenvalue weighted by atomic mass is 16.6. The molecule has 7 nitrogen and oxygen atoms in total. The van der Waals surface area contributed by atoms with Crippen LogP contribution >= 0.6 is 0 Å². The Kier molecular flexibility index (Phi) is 7.28. The van der Waals surface area contributed by atoms with E-state index in [4.69, 9.17) is 4.74 Å². The number of carbonyl (C=O) groups is 1. The third-order valence-electron chi connectivity index (χ3n) is 4.24. The van der Waals surface area contributed by atoms with Gasteiger partial charge in [0.05, 0.1) is 6.61 Å². The second kappa shape index (κ2) is 9.44. The fourth-order valence-corrected chi connectivity index (χ4v) is 2.82. The molecule has 1 aromatic heterocycles. The van der Waals surface area contributed by atoms with Crippen molar-refractivity contribution in [1.82, 2.24) is 14.9 Å². The monoisotopic (exact) mass is 349 g/mol. The van der Waals surface area contributed by atoms with Crippen LogP contribution in [0, 0.1) is 12.8 Å². The number of hydrogen-bond donors (Lipinski definition) is 2. The number of aromatic nitrogens is 2. The number of hydrogen-bond acceptors (Lipinski definition) is 6. The highest BCUT2D eigenvalue weighted by molar-refractivity contribution is 5.67. The molecule has 0 bridgehead atoms. The van der Waals surface area contributed by atoms with Gasteiger partial charge in [-0.25, -0.2) is 9.78 Å². The van der Waals surface area contributed by atoms with Crippen molar-refractivity contribution in [1.29, 1.82) is 0 Å². The molecule has 7 heteroatoms. The SMILES string of the molecule is CCOC(=O)N1CCC(Nc2nc(C)cc(NCCC(C)C)n2)CC1. The maximum atomic E-state index is 11.8. The normalized spacial score (nSPS) is 15.3. The van der Waals surface area contributed by atoms with Crippen LogP contribution in [0.15, 0.2) is 6.07 Å². The Hall–Kier alpha value is -2.05. The van der Waals surface area contributed by atoms with E-state index in [-0.39, 0.29) is 12.1 Å². The van der Waals surface area contributed by atoms with E-state index < -0.39 is 0 Å². The van der Waals surface area contributed by atoms with Gasteiger partial charge in [-0.2, -0.15) is 4.98 Å². The lowest BCUT2D eigenvalue weighted by atomic mass is 10.1. The van der Waals surface area contributed by atoms with Crippen molar-refractivity contribution in [3.63, 3.8) is 0 Å². The van der Waals surface area contributed by atoms with Crippen LogP contribution in [-0.4, -0.2) is 53.2 Å². The van der Waals surface area contributed by atoms with E-state index in [0.29, 0.717) is 31.6 Å². The van der Waals surface area contributed by atoms with Gasteiger partial charge >= 0.3 is 6.09 Å². The van der Waals surface area contributed by atoms with Crippen LogP contribution in [0.3, 0.4) is 0 Å². The number of amides is 1. The number of piperidine rings is 1. The Balaban J connectivity index is 1.86. The molecular formula is C18H31N5O2. The van der Waals surface area contributed by atoms with Crippen LogP contribution in [0.2, 0.25) is 0 Å². The number of aryl methyl sites for hydroxylation is 1. The number of nitrogens with one attached hydrogen (secondary N) is 2. The quantitative estimate of drug-likeness (QED) is 0.786. The van der Waals surface area contributed by atoms with Crippen LogP contribution in [0.5, 0.6) is 0 Å². The van der Waals surface area contributed by atoms with Gasteiger partial charge < -0.3 is 20.3 Å². The van der Waals surface area contributed by atoms with Crippen molar-refractivity contribution in [3.8, 4) is 0 Å². The molecular weight excluding hydrogens is 318 g/mol. The summed E-state index contributed by atoms with van der Waals surface area (Å²) in [7, 11) is 0. The highest BCUT2D eigenvalue weighted by Gasteiger charge is 2.24. The summed E-state index contributed by atoms with van der Waals surface area (Å²) in [6.45, 7) is 10.9. The highest BCUT2D eigenvalue weighted by Crippen LogP contribution is 2.17. The van der Waals surface area contributed by atoms with E-state index in [2.05, 4.69) is 34.4 Å². The van der Waals surface area contributed by atoms with E-state index in [1.165, 1.54) is 0 Å². The number of ether oxygens (including phenoxy) is 1. The standard InChI is InChI=1S/C18H31N5O2/c1-5-25-18(24)23-10-7-15(8-11-23)21-17-20-14(4)12-16(22-17)19-9-6-13(2)3/h12-13,15H,5-11H2,1-4H3,(H2,19,20,21,22). The summed E-state index contributed by atoms with van der Waals surface area (Å²) >= 11 is 0. The Morgan fingerprint density at radius 1 is 1.36 bits per heavy atom. The maximum Gasteiger partial charge on any atom is 0.409 e. The molecule has 0 aromatic carbocycles. The molecule has 0 saturated carbocycles. The second-order valence-corrected chi connectivity index (χ2v) is 6.93. The molecule has 2 N–H and O–H groups in total. The lowest BCUT2D eigenvalue weighted by Crippen LogP contribution is -2.42. The molecule has 2 rings (SSSR count). The molecule has 1 amide bonds. The molecule has 1 fully saturated rings. The Morgan fingerprint density at radius 3 is 2.72 bits per heavy atom. The molecule has 1 aliphatic rings. The van der Waals surface area contributed by atoms with E-state index in [1.54, 1.807) is 4.90 Å². The molecule has 140 valence electrons. The zero-order chi connectivity index (χ0) is 18.2. The number of likely N-dealkylation sites (tertiary alicyclic amines) is 1. The largest absolute Gasteiger partial charge is 0.450 e. The molecule has 1 aliphatic heterocycles. The van der Waals surface area contributed by atoms with Crippen molar-refractivity contribution in [2.24, 2.45) is 5.92 Å². The molecule has 0 aliphatic carbocycles. The van der Waals surface area contributed by atoms with Gasteiger partial charge in [-0.1, -0.05) is 13.8 Å². The third-order valence-corrected chi connectivity index (χ3v) is 4.24. The zero-order valence-electron chi connectivity index (χ0n) is 15.8. The number of rotatable bonds is 7. The Morgan fingerprint density at radius 2 is 2.08 bits per heavy atom. The fourth-order valence-electron chi connectivity index (χ4n) is 2.82. The van der Waals surface area contributed by atoms with Gasteiger partial charge in [0.15, 0.2) is 0 Å². The summed E-state index contributed by atoms with van der Waals surface area (Å²) in [6, 6.07) is 2.24. The van der Waals surface area contributed by atoms with Crippen LogP contribution in [0.25, 0.3) is 0 Å². The predicted molar refractivity (Wildman–Crippen MR) is 100.0 cm³/mol. The zero-order valence-corrected chi connectivity index (χ0v) is 15.8. The van der Waals surface area contributed by atoms with Crippen molar-refractivity contribution in [3.05, 3.63) is 11.8 Å². The lowest BCUT2D eigenvalue weighted by molar-refractivity contribution is 0.0983. The predicted octanol–water partition coefficient (Wildman–Crippen LogP) is 3.28. The summed E-state index contributed by atoms with van der Waals surface area (Å²) in [5.41, 5.74) is 0.938. The van der Waals surface area contributed by atoms with Crippen LogP contribution in [0.1, 0.15) is 45.7 Å². The van der Waals surface area contributed by atoms with Crippen LogP contribution < -0.4 is 10.6 Å². The fraction of sp³-hybridized carbons (Fsp3) is 0.722. The molecule has 25 heavy (non-hydrogen) atoms. The second-order valence-electron chi connectivity index (χ2n) is 6.93. The molecule has 0 atom stereocenters. The topological polar surface area (TPSA) is 79.4 Å². The summed E-state index contributed by atoms with van der Waals surface area (Å²) in [6.07, 6.45) is 2.63. The van der Waals surface area contributed by atoms with Gasteiger partial charge in [0, 0.05) is 37.4 Å². The molecule has 1 aromatic rings. The smallest absolute Gasteiger partial charge is 0.409 e. The minimum Gasteiger partial charge on any atom is -0.450 e. The van der Waals surface area contributed by atoms with Gasteiger partial charge in [0.25, 0.3) is 0 Å². The van der Waals surface area contributed by atoms with Gasteiger partial charge in [-0.05, 0) is 39.0 Å². The number of carbonyl (C=O) groups excluding carboxylic acids is 1. The van der Waals surface area contributed by atoms with Gasteiger partial charge in [-0.15, -0.1) is 0 Å². The first-order chi connectivity index (χ1) is 12.0. The maximum absolute atomic E-state index is 11.8. The van der Waals surface area contributed by atoms with E-state index >= 15 is 0 Å². The minimum absolute atomic E-state index is 0.218.